The van der Waals surface area contributed by atoms with E-state index in [1.54, 1.807) is 23.6 Å². The summed E-state index contributed by atoms with van der Waals surface area (Å²) >= 11 is 1.11. The third-order valence-corrected chi connectivity index (χ3v) is 7.33. The van der Waals surface area contributed by atoms with Crippen molar-refractivity contribution in [1.82, 2.24) is 0 Å². The molecule has 0 bridgehead atoms. The summed E-state index contributed by atoms with van der Waals surface area (Å²) in [6, 6.07) is 16.2. The van der Waals surface area contributed by atoms with Crippen molar-refractivity contribution in [1.29, 1.82) is 0 Å². The van der Waals surface area contributed by atoms with Crippen LogP contribution in [0.5, 0.6) is 0 Å². The molecular weight excluding hydrogens is 392 g/mol. The van der Waals surface area contributed by atoms with Gasteiger partial charge in [0.1, 0.15) is 9.77 Å². The van der Waals surface area contributed by atoms with Gasteiger partial charge in [-0.3, -0.25) is 9.10 Å². The maximum Gasteiger partial charge on any atom is 0.267 e. The van der Waals surface area contributed by atoms with E-state index in [0.717, 1.165) is 28.9 Å². The minimum atomic E-state index is -3.86. The van der Waals surface area contributed by atoms with Gasteiger partial charge < -0.3 is 5.32 Å². The molecule has 0 radical (unpaired) electrons. The first kappa shape index (κ1) is 20.1. The number of nitrogens with one attached hydrogen (secondary N) is 1. The zero-order valence-electron chi connectivity index (χ0n) is 16.0. The number of thiophene rings is 1. The fourth-order valence-electron chi connectivity index (χ4n) is 2.80. The van der Waals surface area contributed by atoms with Crippen LogP contribution in [0, 0.1) is 6.92 Å². The quantitative estimate of drug-likeness (QED) is 0.636. The van der Waals surface area contributed by atoms with Crippen LogP contribution in [0.1, 0.15) is 27.7 Å². The molecule has 0 aliphatic rings. The lowest BCUT2D eigenvalue weighted by Gasteiger charge is -2.20. The number of carbonyl (C=O) groups excluding carboxylic acids is 1. The third kappa shape index (κ3) is 4.10. The molecule has 0 atom stereocenters. The zero-order chi connectivity index (χ0) is 20.3. The number of benzene rings is 2. The fourth-order valence-corrected chi connectivity index (χ4v) is 5.29. The fraction of sp³-hybridized carbons (Fsp3) is 0.190. The molecule has 3 rings (SSSR count). The van der Waals surface area contributed by atoms with Crippen molar-refractivity contribution in [2.75, 3.05) is 16.7 Å². The lowest BCUT2D eigenvalue weighted by Crippen LogP contribution is -2.28. The highest BCUT2D eigenvalue weighted by Crippen LogP contribution is 2.29. The Morgan fingerprint density at radius 3 is 2.46 bits per heavy atom. The van der Waals surface area contributed by atoms with Crippen molar-refractivity contribution < 1.29 is 13.2 Å². The summed E-state index contributed by atoms with van der Waals surface area (Å²) in [5.41, 5.74) is 3.31. The topological polar surface area (TPSA) is 66.5 Å². The van der Waals surface area contributed by atoms with Crippen molar-refractivity contribution in [3.8, 4) is 0 Å². The Balaban J connectivity index is 1.89. The lowest BCUT2D eigenvalue weighted by atomic mass is 10.1. The predicted molar refractivity (Wildman–Crippen MR) is 115 cm³/mol. The number of hydrogen-bond acceptors (Lipinski definition) is 4. The first-order valence-corrected chi connectivity index (χ1v) is 11.2. The largest absolute Gasteiger partial charge is 0.321 e. The molecule has 5 nitrogen and oxygen atoms in total. The summed E-state index contributed by atoms with van der Waals surface area (Å²) in [6.45, 7) is 3.97. The number of hydrogen-bond donors (Lipinski definition) is 1. The van der Waals surface area contributed by atoms with E-state index >= 15 is 0 Å². The van der Waals surface area contributed by atoms with Crippen molar-refractivity contribution in [2.45, 2.75) is 25.2 Å². The summed E-state index contributed by atoms with van der Waals surface area (Å²) in [6.07, 6.45) is 0.880. The van der Waals surface area contributed by atoms with Crippen LogP contribution in [0.2, 0.25) is 0 Å². The van der Waals surface area contributed by atoms with Gasteiger partial charge in [-0.1, -0.05) is 31.2 Å². The van der Waals surface area contributed by atoms with Gasteiger partial charge >= 0.3 is 0 Å². The Labute approximate surface area is 169 Å². The van der Waals surface area contributed by atoms with Crippen molar-refractivity contribution in [3.63, 3.8) is 0 Å². The molecule has 0 saturated heterocycles. The molecule has 1 N–H and O–H groups in total. The number of aryl methyl sites for hydroxylation is 2. The van der Waals surface area contributed by atoms with E-state index in [0.29, 0.717) is 11.4 Å². The average Bonchev–Trinajstić information content (AvgIpc) is 3.18. The molecule has 0 spiro atoms. The van der Waals surface area contributed by atoms with Crippen LogP contribution in [-0.4, -0.2) is 21.4 Å². The summed E-state index contributed by atoms with van der Waals surface area (Å²) in [7, 11) is -2.37. The summed E-state index contributed by atoms with van der Waals surface area (Å²) < 4.78 is 27.5. The highest BCUT2D eigenvalue weighted by Gasteiger charge is 2.28. The second-order valence-corrected chi connectivity index (χ2v) is 9.28. The molecular formula is C21H22N2O3S2. The number of rotatable bonds is 6. The second kappa shape index (κ2) is 8.16. The smallest absolute Gasteiger partial charge is 0.267 e. The average molecular weight is 415 g/mol. The van der Waals surface area contributed by atoms with E-state index in [2.05, 4.69) is 5.32 Å². The van der Waals surface area contributed by atoms with Crippen molar-refractivity contribution in [2.24, 2.45) is 0 Å². The van der Waals surface area contributed by atoms with E-state index in [1.165, 1.54) is 17.4 Å². The minimum absolute atomic E-state index is 0.00437. The molecule has 1 heterocycles. The SMILES string of the molecule is CCc1ccc(N(C)S(=O)(=O)c2ccsc2C(=O)Nc2cccc(C)c2)cc1. The van der Waals surface area contributed by atoms with Gasteiger partial charge in [0.05, 0.1) is 5.69 Å². The van der Waals surface area contributed by atoms with Crippen molar-refractivity contribution in [3.05, 3.63) is 76.0 Å². The van der Waals surface area contributed by atoms with Crippen molar-refractivity contribution >= 4 is 38.6 Å². The van der Waals surface area contributed by atoms with Crippen LogP contribution in [0.3, 0.4) is 0 Å². The minimum Gasteiger partial charge on any atom is -0.321 e. The first-order valence-electron chi connectivity index (χ1n) is 8.86. The van der Waals surface area contributed by atoms with Gasteiger partial charge in [0.15, 0.2) is 0 Å². The Bertz CT molecular complexity index is 1090. The van der Waals surface area contributed by atoms with Gasteiger partial charge in [-0.05, 0) is 60.2 Å². The van der Waals surface area contributed by atoms with E-state index in [9.17, 15) is 13.2 Å². The zero-order valence-corrected chi connectivity index (χ0v) is 17.6. The third-order valence-electron chi connectivity index (χ3n) is 4.46. The summed E-state index contributed by atoms with van der Waals surface area (Å²) in [5, 5.41) is 4.40. The molecule has 1 aromatic heterocycles. The van der Waals surface area contributed by atoms with Crippen LogP contribution >= 0.6 is 11.3 Å². The number of amides is 1. The molecule has 146 valence electrons. The van der Waals surface area contributed by atoms with E-state index < -0.39 is 15.9 Å². The number of anilines is 2. The molecule has 0 aliphatic heterocycles. The number of carbonyl (C=O) groups is 1. The first-order chi connectivity index (χ1) is 13.3. The number of nitrogens with zero attached hydrogens (tertiary/aromatic N) is 1. The van der Waals surface area contributed by atoms with Gasteiger partial charge in [0.2, 0.25) is 0 Å². The van der Waals surface area contributed by atoms with Crippen LogP contribution in [0.4, 0.5) is 11.4 Å². The standard InChI is InChI=1S/C21H22N2O3S2/c1-4-16-8-10-18(11-9-16)23(3)28(25,26)19-12-13-27-20(19)21(24)22-17-7-5-6-15(2)14-17/h5-14H,4H2,1-3H3,(H,22,24). The van der Waals surface area contributed by atoms with Gasteiger partial charge in [0, 0.05) is 12.7 Å². The van der Waals surface area contributed by atoms with E-state index in [-0.39, 0.29) is 9.77 Å². The lowest BCUT2D eigenvalue weighted by molar-refractivity contribution is 0.102. The van der Waals surface area contributed by atoms with Crippen LogP contribution in [0.25, 0.3) is 0 Å². The Kier molecular flexibility index (Phi) is 5.86. The van der Waals surface area contributed by atoms with E-state index in [4.69, 9.17) is 0 Å². The molecule has 2 aromatic carbocycles. The Morgan fingerprint density at radius 2 is 1.82 bits per heavy atom. The molecule has 0 aliphatic carbocycles. The maximum absolute atomic E-state index is 13.1. The van der Waals surface area contributed by atoms with Crippen LogP contribution < -0.4 is 9.62 Å². The Morgan fingerprint density at radius 1 is 1.11 bits per heavy atom. The molecule has 28 heavy (non-hydrogen) atoms. The van der Waals surface area contributed by atoms with Crippen LogP contribution in [-0.2, 0) is 16.4 Å². The molecule has 0 unspecified atom stereocenters. The van der Waals surface area contributed by atoms with Gasteiger partial charge in [-0.2, -0.15) is 0 Å². The highest BCUT2D eigenvalue weighted by atomic mass is 32.2. The van der Waals surface area contributed by atoms with Gasteiger partial charge in [0.25, 0.3) is 15.9 Å². The molecule has 3 aromatic rings. The molecule has 0 fully saturated rings. The molecule has 1 amide bonds. The monoisotopic (exact) mass is 414 g/mol. The van der Waals surface area contributed by atoms with Crippen LogP contribution in [0.15, 0.2) is 64.9 Å². The predicted octanol–water partition coefficient (Wildman–Crippen LogP) is 4.70. The van der Waals surface area contributed by atoms with E-state index in [1.807, 2.05) is 44.2 Å². The molecule has 7 heteroatoms. The Hall–Kier alpha value is -2.64. The normalized spacial score (nSPS) is 11.2. The maximum atomic E-state index is 13.1. The summed E-state index contributed by atoms with van der Waals surface area (Å²) in [4.78, 5) is 12.9. The summed E-state index contributed by atoms with van der Waals surface area (Å²) in [5.74, 6) is -0.436. The highest BCUT2D eigenvalue weighted by molar-refractivity contribution is 7.93. The molecule has 0 saturated carbocycles. The van der Waals surface area contributed by atoms with Gasteiger partial charge in [-0.25, -0.2) is 8.42 Å². The second-order valence-electron chi connectivity index (χ2n) is 6.43. The van der Waals surface area contributed by atoms with Gasteiger partial charge in [-0.15, -0.1) is 11.3 Å². The number of sulfonamides is 1.